The molecule has 1 N–H and O–H groups in total. The van der Waals surface area contributed by atoms with Gasteiger partial charge < -0.3 is 9.73 Å². The number of fused-ring (bicyclic) bond motifs is 1. The molecule has 0 fully saturated rings. The predicted molar refractivity (Wildman–Crippen MR) is 85.3 cm³/mol. The van der Waals surface area contributed by atoms with E-state index in [1.807, 2.05) is 30.0 Å². The average Bonchev–Trinajstić information content (AvgIpc) is 2.83. The van der Waals surface area contributed by atoms with Crippen LogP contribution in [-0.4, -0.2) is 18.1 Å². The first kappa shape index (κ1) is 14.8. The van der Waals surface area contributed by atoms with Crippen molar-refractivity contribution in [3.8, 4) is 0 Å². The highest BCUT2D eigenvalue weighted by molar-refractivity contribution is 7.99. The lowest BCUT2D eigenvalue weighted by molar-refractivity contribution is 0.464. The van der Waals surface area contributed by atoms with Crippen molar-refractivity contribution < 1.29 is 4.42 Å². The van der Waals surface area contributed by atoms with Crippen LogP contribution in [0.3, 0.4) is 0 Å². The number of nitrogens with one attached hydrogen (secondary N) is 1. The predicted octanol–water partition coefficient (Wildman–Crippen LogP) is 4.88. The number of benzene rings is 1. The lowest BCUT2D eigenvalue weighted by Crippen LogP contribution is -2.22. The Hall–Kier alpha value is -0.640. The molecule has 0 amide bonds. The van der Waals surface area contributed by atoms with Crippen LogP contribution in [0, 0.1) is 0 Å². The first-order chi connectivity index (χ1) is 9.26. The summed E-state index contributed by atoms with van der Waals surface area (Å²) in [7, 11) is 0. The first-order valence-corrected chi connectivity index (χ1v) is 8.28. The Bertz CT molecular complexity index is 526. The van der Waals surface area contributed by atoms with Gasteiger partial charge in [-0.05, 0) is 30.9 Å². The molecular weight excluding hydrogens is 278 g/mol. The molecule has 1 heterocycles. The van der Waals surface area contributed by atoms with Gasteiger partial charge in [-0.2, -0.15) is 11.8 Å². The summed E-state index contributed by atoms with van der Waals surface area (Å²) in [6.07, 6.45) is 1.20. The molecule has 1 atom stereocenters. The monoisotopic (exact) mass is 297 g/mol. The second kappa shape index (κ2) is 7.22. The maximum Gasteiger partial charge on any atom is 0.152 e. The highest BCUT2D eigenvalue weighted by Crippen LogP contribution is 2.30. The molecule has 2 aromatic rings. The third-order valence-electron chi connectivity index (χ3n) is 2.94. The van der Waals surface area contributed by atoms with Crippen molar-refractivity contribution in [3.63, 3.8) is 0 Å². The Kier molecular flexibility index (Phi) is 5.61. The summed E-state index contributed by atoms with van der Waals surface area (Å²) in [4.78, 5) is 0. The van der Waals surface area contributed by atoms with Crippen LogP contribution in [0.4, 0.5) is 0 Å². The number of thioether (sulfide) groups is 1. The van der Waals surface area contributed by atoms with Crippen LogP contribution in [0.15, 0.2) is 28.7 Å². The molecular formula is C15H20ClNOS. The first-order valence-electron chi connectivity index (χ1n) is 6.75. The van der Waals surface area contributed by atoms with Gasteiger partial charge in [0, 0.05) is 11.1 Å². The largest absolute Gasteiger partial charge is 0.458 e. The normalized spacial score (nSPS) is 13.0. The van der Waals surface area contributed by atoms with Gasteiger partial charge in [0.2, 0.25) is 0 Å². The zero-order chi connectivity index (χ0) is 13.7. The Morgan fingerprint density at radius 2 is 2.21 bits per heavy atom. The summed E-state index contributed by atoms with van der Waals surface area (Å²) >= 11 is 8.11. The SMILES string of the molecule is CCCSCC(NCC)c1cc2cccc(Cl)c2o1. The molecule has 104 valence electrons. The number of halogens is 1. The van der Waals surface area contributed by atoms with Crippen molar-refractivity contribution in [2.45, 2.75) is 26.3 Å². The van der Waals surface area contributed by atoms with Crippen LogP contribution in [0.2, 0.25) is 5.02 Å². The summed E-state index contributed by atoms with van der Waals surface area (Å²) < 4.78 is 5.94. The minimum atomic E-state index is 0.255. The van der Waals surface area contributed by atoms with Gasteiger partial charge >= 0.3 is 0 Å². The molecule has 1 aromatic heterocycles. The third kappa shape index (κ3) is 3.68. The van der Waals surface area contributed by atoms with E-state index in [2.05, 4.69) is 25.2 Å². The zero-order valence-corrected chi connectivity index (χ0v) is 13.0. The maximum atomic E-state index is 6.16. The Balaban J connectivity index is 2.20. The number of para-hydroxylation sites is 1. The minimum absolute atomic E-state index is 0.255. The van der Waals surface area contributed by atoms with E-state index in [0.717, 1.165) is 29.0 Å². The van der Waals surface area contributed by atoms with E-state index in [4.69, 9.17) is 16.0 Å². The molecule has 0 saturated heterocycles. The highest BCUT2D eigenvalue weighted by Gasteiger charge is 2.16. The highest BCUT2D eigenvalue weighted by atomic mass is 35.5. The van der Waals surface area contributed by atoms with E-state index in [9.17, 15) is 0 Å². The third-order valence-corrected chi connectivity index (χ3v) is 4.51. The van der Waals surface area contributed by atoms with E-state index in [1.54, 1.807) is 0 Å². The van der Waals surface area contributed by atoms with Crippen LogP contribution >= 0.6 is 23.4 Å². The van der Waals surface area contributed by atoms with E-state index < -0.39 is 0 Å². The molecule has 0 aliphatic rings. The van der Waals surface area contributed by atoms with Crippen molar-refractivity contribution >= 4 is 34.3 Å². The summed E-state index contributed by atoms with van der Waals surface area (Å²) in [5, 5.41) is 5.24. The second-order valence-electron chi connectivity index (χ2n) is 4.49. The molecule has 2 nitrogen and oxygen atoms in total. The zero-order valence-electron chi connectivity index (χ0n) is 11.4. The van der Waals surface area contributed by atoms with Gasteiger partial charge in [0.05, 0.1) is 11.1 Å². The quantitative estimate of drug-likeness (QED) is 0.737. The molecule has 0 radical (unpaired) electrons. The number of hydrogen-bond donors (Lipinski definition) is 1. The summed E-state index contributed by atoms with van der Waals surface area (Å²) in [5.74, 6) is 3.19. The lowest BCUT2D eigenvalue weighted by Gasteiger charge is -2.14. The molecule has 0 bridgehead atoms. The molecule has 2 rings (SSSR count). The van der Waals surface area contributed by atoms with Gasteiger partial charge in [-0.25, -0.2) is 0 Å². The van der Waals surface area contributed by atoms with Crippen LogP contribution in [-0.2, 0) is 0 Å². The van der Waals surface area contributed by atoms with Gasteiger partial charge in [-0.15, -0.1) is 0 Å². The maximum absolute atomic E-state index is 6.16. The van der Waals surface area contributed by atoms with Gasteiger partial charge in [0.15, 0.2) is 5.58 Å². The van der Waals surface area contributed by atoms with E-state index in [1.165, 1.54) is 12.2 Å². The molecule has 0 spiro atoms. The lowest BCUT2D eigenvalue weighted by atomic mass is 10.2. The molecule has 0 aliphatic heterocycles. The van der Waals surface area contributed by atoms with Crippen molar-refractivity contribution in [2.24, 2.45) is 0 Å². The smallest absolute Gasteiger partial charge is 0.152 e. The Morgan fingerprint density at radius 1 is 1.37 bits per heavy atom. The van der Waals surface area contributed by atoms with Crippen LogP contribution < -0.4 is 5.32 Å². The van der Waals surface area contributed by atoms with E-state index >= 15 is 0 Å². The summed E-state index contributed by atoms with van der Waals surface area (Å²) in [6, 6.07) is 8.21. The van der Waals surface area contributed by atoms with E-state index in [0.29, 0.717) is 5.02 Å². The van der Waals surface area contributed by atoms with Crippen molar-refractivity contribution in [1.82, 2.24) is 5.32 Å². The topological polar surface area (TPSA) is 25.2 Å². The molecule has 0 aliphatic carbocycles. The number of rotatable bonds is 7. The minimum Gasteiger partial charge on any atom is -0.458 e. The van der Waals surface area contributed by atoms with Gasteiger partial charge in [0.1, 0.15) is 5.76 Å². The average molecular weight is 298 g/mol. The molecule has 1 unspecified atom stereocenters. The fourth-order valence-electron chi connectivity index (χ4n) is 2.05. The van der Waals surface area contributed by atoms with E-state index in [-0.39, 0.29) is 6.04 Å². The summed E-state index contributed by atoms with van der Waals surface area (Å²) in [6.45, 7) is 5.26. The standard InChI is InChI=1S/C15H20ClNOS/c1-3-8-19-10-13(17-4-2)14-9-11-6-5-7-12(16)15(11)18-14/h5-7,9,13,17H,3-4,8,10H2,1-2H3. The fourth-order valence-corrected chi connectivity index (χ4v) is 3.25. The Morgan fingerprint density at radius 3 is 2.89 bits per heavy atom. The van der Waals surface area contributed by atoms with Crippen molar-refractivity contribution in [2.75, 3.05) is 18.1 Å². The van der Waals surface area contributed by atoms with Gasteiger partial charge in [-0.3, -0.25) is 0 Å². The van der Waals surface area contributed by atoms with Crippen molar-refractivity contribution in [1.29, 1.82) is 0 Å². The van der Waals surface area contributed by atoms with Gasteiger partial charge in [-0.1, -0.05) is 37.6 Å². The van der Waals surface area contributed by atoms with Crippen molar-refractivity contribution in [3.05, 3.63) is 35.0 Å². The second-order valence-corrected chi connectivity index (χ2v) is 6.05. The summed E-state index contributed by atoms with van der Waals surface area (Å²) in [5.41, 5.74) is 0.794. The van der Waals surface area contributed by atoms with Crippen LogP contribution in [0.25, 0.3) is 11.0 Å². The molecule has 4 heteroatoms. The molecule has 0 saturated carbocycles. The van der Waals surface area contributed by atoms with Crippen LogP contribution in [0.1, 0.15) is 32.1 Å². The Labute approximate surface area is 123 Å². The fraction of sp³-hybridized carbons (Fsp3) is 0.467. The molecule has 19 heavy (non-hydrogen) atoms. The van der Waals surface area contributed by atoms with Crippen LogP contribution in [0.5, 0.6) is 0 Å². The van der Waals surface area contributed by atoms with Gasteiger partial charge in [0.25, 0.3) is 0 Å². The number of hydrogen-bond acceptors (Lipinski definition) is 3. The molecule has 1 aromatic carbocycles. The number of furan rings is 1.